The largest absolute Gasteiger partial charge is 0.468 e. The van der Waals surface area contributed by atoms with Crippen molar-refractivity contribution in [1.82, 2.24) is 4.90 Å². The van der Waals surface area contributed by atoms with Crippen molar-refractivity contribution < 1.29 is 13.9 Å². The maximum absolute atomic E-state index is 13.6. The van der Waals surface area contributed by atoms with E-state index in [9.17, 15) is 4.79 Å². The van der Waals surface area contributed by atoms with E-state index >= 15 is 0 Å². The molecule has 1 atom stereocenters. The molecule has 0 N–H and O–H groups in total. The highest BCUT2D eigenvalue weighted by Gasteiger charge is 2.52. The summed E-state index contributed by atoms with van der Waals surface area (Å²) in [6.07, 6.45) is 5.78. The van der Waals surface area contributed by atoms with Gasteiger partial charge in [0, 0.05) is 12.3 Å². The maximum atomic E-state index is 13.6. The summed E-state index contributed by atoms with van der Waals surface area (Å²) in [5, 5.41) is 0. The van der Waals surface area contributed by atoms with E-state index in [1.807, 2.05) is 23.1 Å². The van der Waals surface area contributed by atoms with Gasteiger partial charge in [0.05, 0.1) is 30.9 Å². The van der Waals surface area contributed by atoms with Gasteiger partial charge in [-0.05, 0) is 62.5 Å². The predicted octanol–water partition coefficient (Wildman–Crippen LogP) is 3.34. The number of hydrogen-bond donors (Lipinski definition) is 0. The molecule has 1 aromatic carbocycles. The van der Waals surface area contributed by atoms with Crippen LogP contribution in [0.4, 0.5) is 5.69 Å². The van der Waals surface area contributed by atoms with Crippen molar-refractivity contribution in [2.24, 2.45) is 0 Å². The van der Waals surface area contributed by atoms with Crippen LogP contribution in [0.5, 0.6) is 0 Å². The molecular weight excluding hydrogens is 340 g/mol. The summed E-state index contributed by atoms with van der Waals surface area (Å²) in [7, 11) is 0. The van der Waals surface area contributed by atoms with Crippen molar-refractivity contribution >= 4 is 11.6 Å². The summed E-state index contributed by atoms with van der Waals surface area (Å²) < 4.78 is 11.3. The number of likely N-dealkylation sites (tertiary alicyclic amines) is 1. The number of para-hydroxylation sites is 1. The highest BCUT2D eigenvalue weighted by atomic mass is 16.5. The molecule has 3 aliphatic rings. The first-order valence-corrected chi connectivity index (χ1v) is 10.0. The predicted molar refractivity (Wildman–Crippen MR) is 103 cm³/mol. The fraction of sp³-hybridized carbons (Fsp3) is 0.500. The Balaban J connectivity index is 1.37. The molecule has 1 unspecified atom stereocenters. The van der Waals surface area contributed by atoms with Crippen LogP contribution in [0, 0.1) is 0 Å². The molecular formula is C22H26N2O3. The van der Waals surface area contributed by atoms with Crippen LogP contribution in [-0.4, -0.2) is 43.2 Å². The molecule has 0 radical (unpaired) electrons. The van der Waals surface area contributed by atoms with E-state index in [4.69, 9.17) is 9.15 Å². The number of amides is 1. The van der Waals surface area contributed by atoms with Gasteiger partial charge in [-0.15, -0.1) is 0 Å². The van der Waals surface area contributed by atoms with E-state index in [0.29, 0.717) is 6.54 Å². The Hall–Kier alpha value is -2.11. The first kappa shape index (κ1) is 17.0. The third-order valence-corrected chi connectivity index (χ3v) is 6.44. The van der Waals surface area contributed by atoms with Gasteiger partial charge in [-0.2, -0.15) is 0 Å². The number of rotatable bonds is 4. The summed E-state index contributed by atoms with van der Waals surface area (Å²) in [6.45, 7) is 4.15. The number of nitrogens with zero attached hydrogens (tertiary/aromatic N) is 2. The van der Waals surface area contributed by atoms with Gasteiger partial charge in [-0.3, -0.25) is 9.69 Å². The Labute approximate surface area is 159 Å². The number of ether oxygens (including phenoxy) is 1. The van der Waals surface area contributed by atoms with Gasteiger partial charge in [-0.25, -0.2) is 0 Å². The number of hydrogen-bond acceptors (Lipinski definition) is 4. The summed E-state index contributed by atoms with van der Waals surface area (Å²) >= 11 is 0. The first-order chi connectivity index (χ1) is 13.3. The third-order valence-electron chi connectivity index (χ3n) is 6.44. The molecule has 2 aromatic rings. The van der Waals surface area contributed by atoms with Crippen molar-refractivity contribution in [3.8, 4) is 0 Å². The average Bonchev–Trinajstić information content (AvgIpc) is 3.44. The zero-order valence-corrected chi connectivity index (χ0v) is 15.6. The van der Waals surface area contributed by atoms with E-state index in [1.54, 1.807) is 6.26 Å². The lowest BCUT2D eigenvalue weighted by Crippen LogP contribution is -2.49. The van der Waals surface area contributed by atoms with E-state index < -0.39 is 0 Å². The van der Waals surface area contributed by atoms with Crippen molar-refractivity contribution in [1.29, 1.82) is 0 Å². The van der Waals surface area contributed by atoms with Gasteiger partial charge < -0.3 is 14.1 Å². The summed E-state index contributed by atoms with van der Waals surface area (Å²) in [6, 6.07) is 12.3. The van der Waals surface area contributed by atoms with Crippen LogP contribution >= 0.6 is 0 Å². The lowest BCUT2D eigenvalue weighted by molar-refractivity contribution is -0.125. The highest BCUT2D eigenvalue weighted by Crippen LogP contribution is 2.48. The minimum Gasteiger partial charge on any atom is -0.468 e. The molecule has 1 spiro atoms. The molecule has 5 rings (SSSR count). The van der Waals surface area contributed by atoms with Gasteiger partial charge >= 0.3 is 0 Å². The second-order valence-corrected chi connectivity index (χ2v) is 8.01. The second kappa shape index (κ2) is 6.80. The molecule has 5 heteroatoms. The third kappa shape index (κ3) is 2.89. The van der Waals surface area contributed by atoms with Gasteiger partial charge in [0.15, 0.2) is 0 Å². The quantitative estimate of drug-likeness (QED) is 0.833. The second-order valence-electron chi connectivity index (χ2n) is 8.01. The standard InChI is InChI=1S/C22H26N2O3/c25-21-22(9-11-23(12-10-22)15-17-5-3-13-26-17)19-7-1-2-8-20(19)24(21)16-18-6-4-14-27-18/h1-3,5,7-8,13,18H,4,6,9-12,14-16H2. The lowest BCUT2D eigenvalue weighted by Gasteiger charge is -2.38. The van der Waals surface area contributed by atoms with Gasteiger partial charge in [0.1, 0.15) is 5.76 Å². The Morgan fingerprint density at radius 3 is 2.70 bits per heavy atom. The fourth-order valence-electron chi connectivity index (χ4n) is 4.97. The Morgan fingerprint density at radius 2 is 1.96 bits per heavy atom. The van der Waals surface area contributed by atoms with E-state index in [2.05, 4.69) is 23.1 Å². The van der Waals surface area contributed by atoms with Gasteiger partial charge in [0.2, 0.25) is 5.91 Å². The Kier molecular flexibility index (Phi) is 4.29. The number of piperidine rings is 1. The SMILES string of the molecule is O=C1N(CC2CCCO2)c2ccccc2C12CCN(Cc1ccco1)CC2. The van der Waals surface area contributed by atoms with Crippen LogP contribution < -0.4 is 4.90 Å². The molecule has 142 valence electrons. The van der Waals surface area contributed by atoms with Crippen molar-refractivity contribution in [2.45, 2.75) is 43.7 Å². The molecule has 5 nitrogen and oxygen atoms in total. The number of carbonyl (C=O) groups is 1. The number of fused-ring (bicyclic) bond motifs is 2. The van der Waals surface area contributed by atoms with Crippen molar-refractivity contribution in [2.75, 3.05) is 31.1 Å². The summed E-state index contributed by atoms with van der Waals surface area (Å²) in [4.78, 5) is 18.0. The van der Waals surface area contributed by atoms with Gasteiger partial charge in [-0.1, -0.05) is 18.2 Å². The highest BCUT2D eigenvalue weighted by molar-refractivity contribution is 6.08. The average molecular weight is 366 g/mol. The molecule has 2 fully saturated rings. The molecule has 27 heavy (non-hydrogen) atoms. The van der Waals surface area contributed by atoms with Crippen LogP contribution in [0.3, 0.4) is 0 Å². The molecule has 4 heterocycles. The van der Waals surface area contributed by atoms with Gasteiger partial charge in [0.25, 0.3) is 0 Å². The monoisotopic (exact) mass is 366 g/mol. The molecule has 0 saturated carbocycles. The van der Waals surface area contributed by atoms with Crippen molar-refractivity contribution in [3.05, 3.63) is 54.0 Å². The maximum Gasteiger partial charge on any atom is 0.237 e. The first-order valence-electron chi connectivity index (χ1n) is 10.0. The fourth-order valence-corrected chi connectivity index (χ4v) is 4.97. The van der Waals surface area contributed by atoms with Crippen molar-refractivity contribution in [3.63, 3.8) is 0 Å². The summed E-state index contributed by atoms with van der Waals surface area (Å²) in [5.41, 5.74) is 1.94. The molecule has 2 saturated heterocycles. The molecule has 1 aromatic heterocycles. The lowest BCUT2D eigenvalue weighted by atomic mass is 9.73. The number of carbonyl (C=O) groups excluding carboxylic acids is 1. The molecule has 0 aliphatic carbocycles. The summed E-state index contributed by atoms with van der Waals surface area (Å²) in [5.74, 6) is 1.26. The molecule has 0 bridgehead atoms. The Bertz CT molecular complexity index is 803. The number of furan rings is 1. The zero-order chi connectivity index (χ0) is 18.3. The van der Waals surface area contributed by atoms with Crippen LogP contribution in [0.25, 0.3) is 0 Å². The Morgan fingerprint density at radius 1 is 1.11 bits per heavy atom. The zero-order valence-electron chi connectivity index (χ0n) is 15.6. The number of anilines is 1. The normalized spacial score (nSPS) is 24.7. The topological polar surface area (TPSA) is 45.9 Å². The number of benzene rings is 1. The van der Waals surface area contributed by atoms with Crippen LogP contribution in [0.15, 0.2) is 47.1 Å². The van der Waals surface area contributed by atoms with E-state index in [-0.39, 0.29) is 17.4 Å². The smallest absolute Gasteiger partial charge is 0.237 e. The van der Waals surface area contributed by atoms with E-state index in [0.717, 1.165) is 63.4 Å². The van der Waals surface area contributed by atoms with E-state index in [1.165, 1.54) is 5.56 Å². The molecule has 1 amide bonds. The van der Waals surface area contributed by atoms with Crippen LogP contribution in [0.1, 0.15) is 37.0 Å². The minimum absolute atomic E-state index is 0.177. The van der Waals surface area contributed by atoms with Crippen LogP contribution in [-0.2, 0) is 21.5 Å². The molecule has 3 aliphatic heterocycles. The minimum atomic E-state index is -0.366. The van der Waals surface area contributed by atoms with Crippen LogP contribution in [0.2, 0.25) is 0 Å².